The fraction of sp³-hybridized carbons (Fsp3) is 0.300. The van der Waals surface area contributed by atoms with Crippen LogP contribution in [0.2, 0.25) is 0 Å². The molecule has 1 aromatic rings. The summed E-state index contributed by atoms with van der Waals surface area (Å²) < 4.78 is 13.0. The molecular formula is C10H10Cl2FNOS. The highest BCUT2D eigenvalue weighted by Crippen LogP contribution is 2.31. The maximum atomic E-state index is 13.6. The Morgan fingerprint density at radius 3 is 2.56 bits per heavy atom. The quantitative estimate of drug-likeness (QED) is 0.623. The number of rotatable bonds is 3. The van der Waals surface area contributed by atoms with Crippen molar-refractivity contribution in [2.45, 2.75) is 16.0 Å². The number of thioether (sulfide) groups is 1. The van der Waals surface area contributed by atoms with Crippen molar-refractivity contribution in [3.63, 3.8) is 0 Å². The first-order chi connectivity index (χ1) is 7.41. The van der Waals surface area contributed by atoms with Crippen LogP contribution in [0.25, 0.3) is 0 Å². The number of hydrogen-bond donors (Lipinski definition) is 0. The summed E-state index contributed by atoms with van der Waals surface area (Å²) >= 11 is 12.2. The van der Waals surface area contributed by atoms with Gasteiger partial charge in [0.25, 0.3) is 0 Å². The van der Waals surface area contributed by atoms with E-state index in [9.17, 15) is 9.18 Å². The zero-order valence-electron chi connectivity index (χ0n) is 8.71. The molecule has 16 heavy (non-hydrogen) atoms. The highest BCUT2D eigenvalue weighted by molar-refractivity contribution is 8.02. The lowest BCUT2D eigenvalue weighted by Crippen LogP contribution is -2.23. The zero-order chi connectivity index (χ0) is 12.3. The molecule has 0 aromatic heterocycles. The average molecular weight is 282 g/mol. The Morgan fingerprint density at radius 1 is 1.50 bits per heavy atom. The Morgan fingerprint density at radius 2 is 2.12 bits per heavy atom. The smallest absolute Gasteiger partial charge is 0.223 e. The second-order valence-corrected chi connectivity index (χ2v) is 5.86. The summed E-state index contributed by atoms with van der Waals surface area (Å²) in [4.78, 5) is 12.9. The van der Waals surface area contributed by atoms with E-state index in [0.29, 0.717) is 4.90 Å². The monoisotopic (exact) mass is 281 g/mol. The van der Waals surface area contributed by atoms with Crippen molar-refractivity contribution in [1.82, 2.24) is 0 Å². The van der Waals surface area contributed by atoms with E-state index >= 15 is 0 Å². The minimum Gasteiger partial charge on any atom is -0.313 e. The molecule has 0 N–H and O–H groups in total. The summed E-state index contributed by atoms with van der Waals surface area (Å²) in [6.07, 6.45) is 0. The number of nitrogens with zero attached hydrogens (tertiary/aromatic N) is 1. The molecule has 88 valence electrons. The van der Waals surface area contributed by atoms with Crippen LogP contribution in [0.4, 0.5) is 10.1 Å². The van der Waals surface area contributed by atoms with Crippen LogP contribution in [0.15, 0.2) is 23.1 Å². The lowest BCUT2D eigenvalue weighted by molar-refractivity contribution is -0.116. The second kappa shape index (κ2) is 5.75. The van der Waals surface area contributed by atoms with Crippen LogP contribution in [0.1, 0.15) is 6.92 Å². The van der Waals surface area contributed by atoms with Gasteiger partial charge in [-0.1, -0.05) is 35.0 Å². The highest BCUT2D eigenvalue weighted by Gasteiger charge is 2.12. The van der Waals surface area contributed by atoms with Gasteiger partial charge in [-0.05, 0) is 18.2 Å². The van der Waals surface area contributed by atoms with E-state index in [2.05, 4.69) is 0 Å². The Hall–Kier alpha value is -0.450. The number of benzene rings is 1. The van der Waals surface area contributed by atoms with Gasteiger partial charge >= 0.3 is 0 Å². The molecule has 0 unspecified atom stereocenters. The molecule has 1 rings (SSSR count). The predicted octanol–water partition coefficient (Wildman–Crippen LogP) is 3.66. The standard InChI is InChI=1S/C10H10Cl2FNOS/c1-6(15)14(2)9-4-3-7(5-8(9)13)16-10(11)12/h3-5,10H,1-2H3. The van der Waals surface area contributed by atoms with Gasteiger partial charge in [-0.25, -0.2) is 4.39 Å². The number of amides is 1. The Bertz CT molecular complexity index is 400. The Kier molecular flexibility index (Phi) is 4.89. The second-order valence-electron chi connectivity index (χ2n) is 3.07. The van der Waals surface area contributed by atoms with Crippen molar-refractivity contribution in [3.8, 4) is 0 Å². The van der Waals surface area contributed by atoms with Crippen molar-refractivity contribution in [1.29, 1.82) is 0 Å². The summed E-state index contributed by atoms with van der Waals surface area (Å²) in [5.74, 6) is -0.705. The molecule has 1 aromatic carbocycles. The van der Waals surface area contributed by atoms with Crippen LogP contribution < -0.4 is 4.90 Å². The first-order valence-electron chi connectivity index (χ1n) is 4.40. The van der Waals surface area contributed by atoms with Crippen molar-refractivity contribution in [2.24, 2.45) is 0 Å². The van der Waals surface area contributed by atoms with Crippen LogP contribution in [0, 0.1) is 5.82 Å². The SMILES string of the molecule is CC(=O)N(C)c1ccc(SC(Cl)Cl)cc1F. The summed E-state index contributed by atoms with van der Waals surface area (Å²) in [5, 5.41) is 0. The molecule has 6 heteroatoms. The van der Waals surface area contributed by atoms with E-state index in [-0.39, 0.29) is 11.6 Å². The van der Waals surface area contributed by atoms with E-state index < -0.39 is 9.99 Å². The molecule has 0 fully saturated rings. The van der Waals surface area contributed by atoms with Gasteiger partial charge in [0.05, 0.1) is 5.69 Å². The molecular weight excluding hydrogens is 272 g/mol. The fourth-order valence-corrected chi connectivity index (χ4v) is 2.25. The number of anilines is 1. The normalized spacial score (nSPS) is 10.6. The van der Waals surface area contributed by atoms with Gasteiger partial charge in [-0.2, -0.15) is 0 Å². The summed E-state index contributed by atoms with van der Waals surface area (Å²) in [6.45, 7) is 1.37. The minimum atomic E-state index is -0.643. The largest absolute Gasteiger partial charge is 0.313 e. The van der Waals surface area contributed by atoms with E-state index in [4.69, 9.17) is 23.2 Å². The van der Waals surface area contributed by atoms with E-state index in [0.717, 1.165) is 11.8 Å². The van der Waals surface area contributed by atoms with Gasteiger partial charge in [-0.3, -0.25) is 4.79 Å². The summed E-state index contributed by atoms with van der Waals surface area (Å²) in [6, 6.07) is 4.49. The van der Waals surface area contributed by atoms with Gasteiger partial charge in [0.15, 0.2) is 4.17 Å². The third kappa shape index (κ3) is 3.54. The molecule has 1 amide bonds. The number of halogens is 3. The maximum absolute atomic E-state index is 13.6. The minimum absolute atomic E-state index is 0.230. The van der Waals surface area contributed by atoms with Gasteiger partial charge in [-0.15, -0.1) is 0 Å². The van der Waals surface area contributed by atoms with Gasteiger partial charge in [0, 0.05) is 18.9 Å². The highest BCUT2D eigenvalue weighted by atomic mass is 35.5. The first kappa shape index (κ1) is 13.6. The molecule has 0 aliphatic carbocycles. The van der Waals surface area contributed by atoms with Gasteiger partial charge in [0.2, 0.25) is 5.91 Å². The van der Waals surface area contributed by atoms with Crippen molar-refractivity contribution in [3.05, 3.63) is 24.0 Å². The molecule has 0 atom stereocenters. The third-order valence-electron chi connectivity index (χ3n) is 1.98. The molecule has 0 spiro atoms. The van der Waals surface area contributed by atoms with E-state index in [1.165, 1.54) is 31.0 Å². The lowest BCUT2D eigenvalue weighted by Gasteiger charge is -2.16. The number of carbonyl (C=O) groups is 1. The summed E-state index contributed by atoms with van der Waals surface area (Å²) in [5.41, 5.74) is 0.234. The van der Waals surface area contributed by atoms with Gasteiger partial charge in [0.1, 0.15) is 5.82 Å². The maximum Gasteiger partial charge on any atom is 0.223 e. The molecule has 0 aliphatic rings. The Balaban J connectivity index is 2.95. The van der Waals surface area contributed by atoms with Crippen molar-refractivity contribution >= 4 is 46.6 Å². The van der Waals surface area contributed by atoms with Crippen LogP contribution in [-0.4, -0.2) is 17.1 Å². The number of alkyl halides is 2. The molecule has 0 bridgehead atoms. The van der Waals surface area contributed by atoms with E-state index in [1.54, 1.807) is 6.07 Å². The van der Waals surface area contributed by atoms with Crippen LogP contribution >= 0.6 is 35.0 Å². The molecule has 2 nitrogen and oxygen atoms in total. The molecule has 0 aliphatic heterocycles. The molecule has 0 saturated heterocycles. The fourth-order valence-electron chi connectivity index (χ4n) is 1.11. The van der Waals surface area contributed by atoms with Crippen molar-refractivity contribution in [2.75, 3.05) is 11.9 Å². The summed E-state index contributed by atoms with van der Waals surface area (Å²) in [7, 11) is 1.51. The molecule has 0 saturated carbocycles. The van der Waals surface area contributed by atoms with Crippen LogP contribution in [-0.2, 0) is 4.79 Å². The topological polar surface area (TPSA) is 20.3 Å². The van der Waals surface area contributed by atoms with E-state index in [1.807, 2.05) is 0 Å². The lowest BCUT2D eigenvalue weighted by atomic mass is 10.3. The third-order valence-corrected chi connectivity index (χ3v) is 3.22. The van der Waals surface area contributed by atoms with Crippen molar-refractivity contribution < 1.29 is 9.18 Å². The Labute approximate surface area is 108 Å². The number of carbonyl (C=O) groups excluding carboxylic acids is 1. The number of hydrogen-bond acceptors (Lipinski definition) is 2. The van der Waals surface area contributed by atoms with Crippen LogP contribution in [0.5, 0.6) is 0 Å². The van der Waals surface area contributed by atoms with Gasteiger partial charge < -0.3 is 4.90 Å². The first-order valence-corrected chi connectivity index (χ1v) is 6.15. The molecule has 0 radical (unpaired) electrons. The molecule has 0 heterocycles. The van der Waals surface area contributed by atoms with Crippen LogP contribution in [0.3, 0.4) is 0 Å². The average Bonchev–Trinajstić information content (AvgIpc) is 2.15. The predicted molar refractivity (Wildman–Crippen MR) is 66.8 cm³/mol. The zero-order valence-corrected chi connectivity index (χ0v) is 11.0.